The molecule has 57 heavy (non-hydrogen) atoms. The van der Waals surface area contributed by atoms with Crippen LogP contribution in [-0.4, -0.2) is 37.2 Å². The molecule has 0 aliphatic heterocycles. The Labute approximate surface area is 355 Å². The maximum Gasteiger partial charge on any atom is 0.306 e. The molecule has 6 heteroatoms. The standard InChI is InChI=1S/C51H98O6/c1-6-8-9-10-11-19-26-31-36-41-49(52)55-44-48(45-56-50(53)42-37-32-27-22-18-17-21-25-30-35-40-47(5)7-2)57-51(54)43-38-33-28-23-16-14-12-13-15-20-24-29-34-39-46(3)4/h46-48H,6-45H2,1-5H3/t47?,48-/m1/s1. The lowest BCUT2D eigenvalue weighted by atomic mass is 9.99. The highest BCUT2D eigenvalue weighted by Crippen LogP contribution is 2.18. The van der Waals surface area contributed by atoms with E-state index < -0.39 is 6.10 Å². The fourth-order valence-electron chi connectivity index (χ4n) is 7.60. The maximum atomic E-state index is 12.8. The van der Waals surface area contributed by atoms with E-state index in [2.05, 4.69) is 34.6 Å². The van der Waals surface area contributed by atoms with Crippen molar-refractivity contribution in [3.63, 3.8) is 0 Å². The molecule has 338 valence electrons. The lowest BCUT2D eigenvalue weighted by Crippen LogP contribution is -2.30. The van der Waals surface area contributed by atoms with Crippen LogP contribution in [0.3, 0.4) is 0 Å². The highest BCUT2D eigenvalue weighted by molar-refractivity contribution is 5.71. The van der Waals surface area contributed by atoms with Crippen molar-refractivity contribution in [1.29, 1.82) is 0 Å². The Hall–Kier alpha value is -1.59. The van der Waals surface area contributed by atoms with Crippen LogP contribution in [0.2, 0.25) is 0 Å². The van der Waals surface area contributed by atoms with Crippen LogP contribution >= 0.6 is 0 Å². The van der Waals surface area contributed by atoms with Gasteiger partial charge in [0.25, 0.3) is 0 Å². The molecule has 0 aromatic carbocycles. The van der Waals surface area contributed by atoms with Crippen molar-refractivity contribution in [3.8, 4) is 0 Å². The molecule has 0 rings (SSSR count). The minimum atomic E-state index is -0.761. The van der Waals surface area contributed by atoms with Crippen molar-refractivity contribution in [2.75, 3.05) is 13.2 Å². The van der Waals surface area contributed by atoms with E-state index >= 15 is 0 Å². The highest BCUT2D eigenvalue weighted by atomic mass is 16.6. The molecule has 2 atom stereocenters. The van der Waals surface area contributed by atoms with Crippen LogP contribution in [0.15, 0.2) is 0 Å². The third-order valence-electron chi connectivity index (χ3n) is 11.8. The summed E-state index contributed by atoms with van der Waals surface area (Å²) in [4.78, 5) is 37.8. The van der Waals surface area contributed by atoms with Gasteiger partial charge in [0.15, 0.2) is 6.10 Å². The van der Waals surface area contributed by atoms with E-state index in [1.54, 1.807) is 0 Å². The molecule has 0 fully saturated rings. The van der Waals surface area contributed by atoms with E-state index in [0.29, 0.717) is 19.3 Å². The number of ether oxygens (including phenoxy) is 3. The second-order valence-electron chi connectivity index (χ2n) is 18.2. The molecular weight excluding hydrogens is 709 g/mol. The molecule has 0 aliphatic carbocycles. The van der Waals surface area contributed by atoms with Gasteiger partial charge in [-0.05, 0) is 31.1 Å². The van der Waals surface area contributed by atoms with Crippen molar-refractivity contribution in [2.24, 2.45) is 11.8 Å². The summed E-state index contributed by atoms with van der Waals surface area (Å²) in [7, 11) is 0. The second kappa shape index (κ2) is 44.0. The van der Waals surface area contributed by atoms with Crippen LogP contribution in [0.25, 0.3) is 0 Å². The summed E-state index contributed by atoms with van der Waals surface area (Å²) in [5, 5.41) is 0. The number of rotatable bonds is 45. The molecule has 6 nitrogen and oxygen atoms in total. The molecular formula is C51H98O6. The molecule has 0 aromatic heterocycles. The van der Waals surface area contributed by atoms with Gasteiger partial charge in [-0.2, -0.15) is 0 Å². The lowest BCUT2D eigenvalue weighted by molar-refractivity contribution is -0.167. The van der Waals surface area contributed by atoms with Gasteiger partial charge in [0.05, 0.1) is 0 Å². The van der Waals surface area contributed by atoms with Gasteiger partial charge in [-0.25, -0.2) is 0 Å². The Bertz CT molecular complexity index is 872. The summed E-state index contributed by atoms with van der Waals surface area (Å²) in [5.74, 6) is 0.856. The number of hydrogen-bond donors (Lipinski definition) is 0. The Balaban J connectivity index is 4.29. The van der Waals surface area contributed by atoms with E-state index in [4.69, 9.17) is 14.2 Å². The van der Waals surface area contributed by atoms with Crippen molar-refractivity contribution >= 4 is 17.9 Å². The Morgan fingerprint density at radius 1 is 0.368 bits per heavy atom. The van der Waals surface area contributed by atoms with Crippen LogP contribution in [0, 0.1) is 11.8 Å². The van der Waals surface area contributed by atoms with Gasteiger partial charge >= 0.3 is 17.9 Å². The number of unbranched alkanes of at least 4 members (excludes halogenated alkanes) is 29. The van der Waals surface area contributed by atoms with Gasteiger partial charge in [0.1, 0.15) is 13.2 Å². The number of hydrogen-bond acceptors (Lipinski definition) is 6. The van der Waals surface area contributed by atoms with E-state index in [1.807, 2.05) is 0 Å². The van der Waals surface area contributed by atoms with Crippen LogP contribution < -0.4 is 0 Å². The average Bonchev–Trinajstić information content (AvgIpc) is 3.19. The molecule has 0 saturated carbocycles. The fourth-order valence-corrected chi connectivity index (χ4v) is 7.60. The van der Waals surface area contributed by atoms with Crippen LogP contribution in [-0.2, 0) is 28.6 Å². The van der Waals surface area contributed by atoms with Crippen LogP contribution in [0.5, 0.6) is 0 Å². The van der Waals surface area contributed by atoms with Crippen molar-refractivity contribution in [3.05, 3.63) is 0 Å². The first kappa shape index (κ1) is 55.4. The summed E-state index contributed by atoms with van der Waals surface area (Å²) in [6, 6.07) is 0. The zero-order chi connectivity index (χ0) is 41.9. The molecule has 0 aromatic rings. The molecule has 0 saturated heterocycles. The van der Waals surface area contributed by atoms with Crippen molar-refractivity contribution < 1.29 is 28.6 Å². The van der Waals surface area contributed by atoms with E-state index in [0.717, 1.165) is 69.6 Å². The smallest absolute Gasteiger partial charge is 0.306 e. The quantitative estimate of drug-likeness (QED) is 0.0346. The molecule has 1 unspecified atom stereocenters. The van der Waals surface area contributed by atoms with E-state index in [1.165, 1.54) is 167 Å². The molecule has 0 N–H and O–H groups in total. The van der Waals surface area contributed by atoms with Gasteiger partial charge in [0, 0.05) is 19.3 Å². The van der Waals surface area contributed by atoms with Crippen LogP contribution in [0.4, 0.5) is 0 Å². The van der Waals surface area contributed by atoms with Gasteiger partial charge in [-0.15, -0.1) is 0 Å². The number of carbonyl (C=O) groups is 3. The SMILES string of the molecule is CCCCCCCCCCCC(=O)OC[C@H](COC(=O)CCCCCCCCCCCCC(C)CC)OC(=O)CCCCCCCCCCCCCCCC(C)C. The average molecular weight is 807 g/mol. The predicted octanol–water partition coefficient (Wildman–Crippen LogP) is 16.1. The fraction of sp³-hybridized carbons (Fsp3) is 0.941. The van der Waals surface area contributed by atoms with Crippen LogP contribution in [0.1, 0.15) is 279 Å². The van der Waals surface area contributed by atoms with Gasteiger partial charge < -0.3 is 14.2 Å². The molecule has 0 amide bonds. The third-order valence-corrected chi connectivity index (χ3v) is 11.8. The largest absolute Gasteiger partial charge is 0.462 e. The van der Waals surface area contributed by atoms with Crippen molar-refractivity contribution in [1.82, 2.24) is 0 Å². The van der Waals surface area contributed by atoms with Crippen molar-refractivity contribution in [2.45, 2.75) is 285 Å². The van der Waals surface area contributed by atoms with E-state index in [-0.39, 0.29) is 31.1 Å². The summed E-state index contributed by atoms with van der Waals surface area (Å²) < 4.78 is 16.8. The molecule has 0 aliphatic rings. The molecule has 0 spiro atoms. The third kappa shape index (κ3) is 43.8. The Morgan fingerprint density at radius 2 is 0.667 bits per heavy atom. The summed E-state index contributed by atoms with van der Waals surface area (Å²) in [5.41, 5.74) is 0. The van der Waals surface area contributed by atoms with E-state index in [9.17, 15) is 14.4 Å². The zero-order valence-electron chi connectivity index (χ0n) is 39.0. The maximum absolute atomic E-state index is 12.8. The minimum absolute atomic E-state index is 0.0641. The zero-order valence-corrected chi connectivity index (χ0v) is 39.0. The summed E-state index contributed by atoms with van der Waals surface area (Å²) >= 11 is 0. The molecule has 0 heterocycles. The minimum Gasteiger partial charge on any atom is -0.462 e. The number of esters is 3. The van der Waals surface area contributed by atoms with Gasteiger partial charge in [-0.1, -0.05) is 240 Å². The Morgan fingerprint density at radius 3 is 1.00 bits per heavy atom. The monoisotopic (exact) mass is 807 g/mol. The Kier molecular flexibility index (Phi) is 42.7. The topological polar surface area (TPSA) is 78.9 Å². The van der Waals surface area contributed by atoms with Gasteiger partial charge in [-0.3, -0.25) is 14.4 Å². The molecule has 0 bridgehead atoms. The first-order valence-electron chi connectivity index (χ1n) is 25.3. The molecule has 0 radical (unpaired) electrons. The van der Waals surface area contributed by atoms with Gasteiger partial charge in [0.2, 0.25) is 0 Å². The number of carbonyl (C=O) groups excluding carboxylic acids is 3. The first-order chi connectivity index (χ1) is 27.8. The predicted molar refractivity (Wildman–Crippen MR) is 243 cm³/mol. The highest BCUT2D eigenvalue weighted by Gasteiger charge is 2.19. The first-order valence-corrected chi connectivity index (χ1v) is 25.3. The summed E-state index contributed by atoms with van der Waals surface area (Å²) in [6.07, 6.45) is 43.7. The normalized spacial score (nSPS) is 12.5. The second-order valence-corrected chi connectivity index (χ2v) is 18.2. The lowest BCUT2D eigenvalue weighted by Gasteiger charge is -2.18. The summed E-state index contributed by atoms with van der Waals surface area (Å²) in [6.45, 7) is 11.4.